The van der Waals surface area contributed by atoms with Gasteiger partial charge in [0.1, 0.15) is 0 Å². The summed E-state index contributed by atoms with van der Waals surface area (Å²) in [6, 6.07) is 11.5. The average molecular weight is 428 g/mol. The van der Waals surface area contributed by atoms with Gasteiger partial charge in [-0.1, -0.05) is 12.1 Å². The lowest BCUT2D eigenvalue weighted by molar-refractivity contribution is -0.137. The fourth-order valence-electron chi connectivity index (χ4n) is 4.75. The molecule has 1 saturated heterocycles. The van der Waals surface area contributed by atoms with Crippen molar-refractivity contribution in [1.29, 1.82) is 0 Å². The van der Waals surface area contributed by atoms with Crippen LogP contribution in [0, 0.1) is 5.92 Å². The number of hydrogen-bond acceptors (Lipinski definition) is 3. The predicted molar refractivity (Wildman–Crippen MR) is 107 cm³/mol. The van der Waals surface area contributed by atoms with Crippen LogP contribution in [0.15, 0.2) is 64.0 Å². The number of carbonyl (C=O) groups excluding carboxylic acids is 1. The third-order valence-corrected chi connectivity index (χ3v) is 6.12. The highest BCUT2D eigenvalue weighted by molar-refractivity contribution is 5.91. The molecule has 1 amide bonds. The van der Waals surface area contributed by atoms with Gasteiger partial charge < -0.3 is 13.9 Å². The van der Waals surface area contributed by atoms with Gasteiger partial charge in [0.05, 0.1) is 11.8 Å². The molecular weight excluding hydrogens is 409 g/mol. The Bertz CT molecular complexity index is 1200. The third kappa shape index (κ3) is 3.45. The number of pyridine rings is 1. The van der Waals surface area contributed by atoms with Crippen LogP contribution in [0.2, 0.25) is 0 Å². The molecule has 5 nitrogen and oxygen atoms in total. The van der Waals surface area contributed by atoms with Crippen LogP contribution in [0.1, 0.15) is 34.2 Å². The SMILES string of the molecule is O=C(c1ccco1)N1C[C@H]2C[C@H](C1)c1ccc(-c3cccc(C(F)(F)F)c3)c(=O)n1C2. The number of benzene rings is 1. The zero-order chi connectivity index (χ0) is 21.8. The maximum Gasteiger partial charge on any atom is 0.416 e. The third-order valence-electron chi connectivity index (χ3n) is 6.12. The number of halogens is 3. The standard InChI is InChI=1S/C23H19F3N2O3/c24-23(25,26)17-4-1-3-15(10-17)18-6-7-19-16-9-14(12-28(19)21(18)29)11-27(13-16)22(30)20-5-2-8-31-20/h1-8,10,14,16H,9,11-13H2/t14-,16-/m1/s1. The molecule has 2 atom stereocenters. The van der Waals surface area contributed by atoms with Gasteiger partial charge >= 0.3 is 6.18 Å². The lowest BCUT2D eigenvalue weighted by Gasteiger charge is -2.42. The Hall–Kier alpha value is -3.29. The summed E-state index contributed by atoms with van der Waals surface area (Å²) in [5.74, 6) is 0.211. The van der Waals surface area contributed by atoms with Gasteiger partial charge in [0.15, 0.2) is 5.76 Å². The van der Waals surface area contributed by atoms with Gasteiger partial charge in [0, 0.05) is 36.8 Å². The average Bonchev–Trinajstić information content (AvgIpc) is 3.28. The molecule has 2 aromatic heterocycles. The van der Waals surface area contributed by atoms with E-state index in [0.717, 1.165) is 24.2 Å². The first-order valence-corrected chi connectivity index (χ1v) is 10.1. The van der Waals surface area contributed by atoms with Crippen LogP contribution >= 0.6 is 0 Å². The number of amides is 1. The molecule has 0 aliphatic carbocycles. The molecule has 2 aliphatic heterocycles. The molecule has 8 heteroatoms. The second-order valence-electron chi connectivity index (χ2n) is 8.15. The van der Waals surface area contributed by atoms with Gasteiger partial charge in [-0.2, -0.15) is 13.2 Å². The number of likely N-dealkylation sites (tertiary alicyclic amines) is 1. The number of furan rings is 1. The molecule has 0 radical (unpaired) electrons. The van der Waals surface area contributed by atoms with Crippen molar-refractivity contribution in [1.82, 2.24) is 9.47 Å². The molecule has 2 aliphatic rings. The van der Waals surface area contributed by atoms with Gasteiger partial charge in [-0.15, -0.1) is 0 Å². The molecule has 1 aromatic carbocycles. The summed E-state index contributed by atoms with van der Waals surface area (Å²) in [6.45, 7) is 1.41. The summed E-state index contributed by atoms with van der Waals surface area (Å²) < 4.78 is 46.2. The predicted octanol–water partition coefficient (Wildman–Crippen LogP) is 4.39. The molecule has 5 rings (SSSR count). The van der Waals surface area contributed by atoms with Crippen molar-refractivity contribution < 1.29 is 22.4 Å². The van der Waals surface area contributed by atoms with E-state index in [2.05, 4.69) is 0 Å². The number of hydrogen-bond donors (Lipinski definition) is 0. The molecule has 4 heterocycles. The number of alkyl halides is 3. The Morgan fingerprint density at radius 2 is 1.87 bits per heavy atom. The van der Waals surface area contributed by atoms with Crippen molar-refractivity contribution in [3.05, 3.63) is 82.2 Å². The second-order valence-corrected chi connectivity index (χ2v) is 8.15. The largest absolute Gasteiger partial charge is 0.459 e. The first-order valence-electron chi connectivity index (χ1n) is 10.1. The maximum absolute atomic E-state index is 13.2. The lowest BCUT2D eigenvalue weighted by Crippen LogP contribution is -2.49. The van der Waals surface area contributed by atoms with Crippen LogP contribution in [-0.2, 0) is 12.7 Å². The van der Waals surface area contributed by atoms with E-state index in [9.17, 15) is 22.8 Å². The molecule has 160 valence electrons. The minimum absolute atomic E-state index is 0.00493. The summed E-state index contributed by atoms with van der Waals surface area (Å²) in [7, 11) is 0. The van der Waals surface area contributed by atoms with Crippen LogP contribution in [0.4, 0.5) is 13.2 Å². The number of rotatable bonds is 2. The van der Waals surface area contributed by atoms with Gasteiger partial charge in [0.2, 0.25) is 0 Å². The summed E-state index contributed by atoms with van der Waals surface area (Å²) in [6.07, 6.45) is -2.14. The first-order chi connectivity index (χ1) is 14.8. The Labute approximate surface area is 175 Å². The fourth-order valence-corrected chi connectivity index (χ4v) is 4.75. The zero-order valence-electron chi connectivity index (χ0n) is 16.4. The van der Waals surface area contributed by atoms with E-state index < -0.39 is 11.7 Å². The van der Waals surface area contributed by atoms with Crippen molar-refractivity contribution in [2.75, 3.05) is 13.1 Å². The minimum atomic E-state index is -4.47. The smallest absolute Gasteiger partial charge is 0.416 e. The highest BCUT2D eigenvalue weighted by Crippen LogP contribution is 2.37. The van der Waals surface area contributed by atoms with Gasteiger partial charge in [-0.05, 0) is 54.3 Å². The number of piperidine rings is 1. The summed E-state index contributed by atoms with van der Waals surface area (Å²) >= 11 is 0. The normalized spacial score (nSPS) is 20.4. The summed E-state index contributed by atoms with van der Waals surface area (Å²) in [4.78, 5) is 27.6. The molecule has 0 spiro atoms. The zero-order valence-corrected chi connectivity index (χ0v) is 16.4. The van der Waals surface area contributed by atoms with Crippen molar-refractivity contribution in [3.8, 4) is 11.1 Å². The number of carbonyl (C=O) groups is 1. The molecule has 0 saturated carbocycles. The fraction of sp³-hybridized carbons (Fsp3) is 0.304. The van der Waals surface area contributed by atoms with Crippen LogP contribution in [0.3, 0.4) is 0 Å². The van der Waals surface area contributed by atoms with Gasteiger partial charge in [0.25, 0.3) is 11.5 Å². The highest BCUT2D eigenvalue weighted by atomic mass is 19.4. The number of nitrogens with zero attached hydrogens (tertiary/aromatic N) is 2. The van der Waals surface area contributed by atoms with E-state index >= 15 is 0 Å². The quantitative estimate of drug-likeness (QED) is 0.609. The molecular formula is C23H19F3N2O3. The maximum atomic E-state index is 13.2. The molecule has 0 unspecified atom stereocenters. The van der Waals surface area contributed by atoms with Crippen molar-refractivity contribution in [3.63, 3.8) is 0 Å². The topological polar surface area (TPSA) is 55.5 Å². The Kier molecular flexibility index (Phi) is 4.53. The van der Waals surface area contributed by atoms with E-state index in [1.807, 2.05) is 0 Å². The van der Waals surface area contributed by atoms with E-state index in [0.29, 0.717) is 19.6 Å². The summed E-state index contributed by atoms with van der Waals surface area (Å²) in [5, 5.41) is 0. The molecule has 2 bridgehead atoms. The van der Waals surface area contributed by atoms with E-state index in [-0.39, 0.29) is 40.2 Å². The number of fused-ring (bicyclic) bond motifs is 4. The van der Waals surface area contributed by atoms with Crippen LogP contribution in [0.25, 0.3) is 11.1 Å². The Morgan fingerprint density at radius 1 is 1.03 bits per heavy atom. The highest BCUT2D eigenvalue weighted by Gasteiger charge is 2.37. The van der Waals surface area contributed by atoms with Crippen molar-refractivity contribution in [2.24, 2.45) is 5.92 Å². The molecule has 0 N–H and O–H groups in total. The lowest BCUT2D eigenvalue weighted by atomic mass is 9.82. The number of aromatic nitrogens is 1. The van der Waals surface area contributed by atoms with Crippen molar-refractivity contribution >= 4 is 5.91 Å². The molecule has 1 fully saturated rings. The van der Waals surface area contributed by atoms with Gasteiger partial charge in [-0.3, -0.25) is 9.59 Å². The van der Waals surface area contributed by atoms with E-state index in [4.69, 9.17) is 4.42 Å². The van der Waals surface area contributed by atoms with E-state index in [1.54, 1.807) is 33.7 Å². The first kappa shape index (κ1) is 19.7. The second kappa shape index (κ2) is 7.14. The van der Waals surface area contributed by atoms with Crippen LogP contribution < -0.4 is 5.56 Å². The van der Waals surface area contributed by atoms with Crippen molar-refractivity contribution in [2.45, 2.75) is 25.1 Å². The molecule has 3 aromatic rings. The minimum Gasteiger partial charge on any atom is -0.459 e. The summed E-state index contributed by atoms with van der Waals surface area (Å²) in [5.41, 5.74) is 0.237. The van der Waals surface area contributed by atoms with Crippen LogP contribution in [0.5, 0.6) is 0 Å². The molecule has 31 heavy (non-hydrogen) atoms. The van der Waals surface area contributed by atoms with E-state index in [1.165, 1.54) is 18.4 Å². The van der Waals surface area contributed by atoms with Gasteiger partial charge in [-0.25, -0.2) is 0 Å². The monoisotopic (exact) mass is 428 g/mol. The Balaban J connectivity index is 1.48. The van der Waals surface area contributed by atoms with Crippen LogP contribution in [-0.4, -0.2) is 28.5 Å². The Morgan fingerprint density at radius 3 is 2.61 bits per heavy atom.